The van der Waals surface area contributed by atoms with Gasteiger partial charge in [0, 0.05) is 10.2 Å². The lowest BCUT2D eigenvalue weighted by molar-refractivity contribution is 0.468. The molecule has 0 saturated heterocycles. The molecule has 3 rings (SSSR count). The number of hydrogen-bond donors (Lipinski definition) is 1. The molecule has 0 aliphatic carbocycles. The summed E-state index contributed by atoms with van der Waals surface area (Å²) in [7, 11) is 0. The molecular weight excluding hydrogens is 342 g/mol. The zero-order valence-corrected chi connectivity index (χ0v) is 12.5. The van der Waals surface area contributed by atoms with Crippen LogP contribution in [-0.2, 0) is 0 Å². The average Bonchev–Trinajstić information content (AvgIpc) is 2.43. The highest BCUT2D eigenvalue weighted by atomic mass is 79.9. The molecule has 2 N–H and O–H groups in total. The summed E-state index contributed by atoms with van der Waals surface area (Å²) in [5.74, 6) is 0.936. The third-order valence-corrected chi connectivity index (χ3v) is 3.53. The van der Waals surface area contributed by atoms with Crippen LogP contribution in [0, 0.1) is 0 Å². The molecule has 0 amide bonds. The van der Waals surface area contributed by atoms with E-state index in [1.807, 2.05) is 12.1 Å². The fourth-order valence-corrected chi connectivity index (χ4v) is 2.29. The number of anilines is 1. The predicted molar refractivity (Wildman–Crippen MR) is 83.2 cm³/mol. The molecule has 0 saturated carbocycles. The van der Waals surface area contributed by atoms with Crippen LogP contribution in [0.4, 0.5) is 5.69 Å². The van der Waals surface area contributed by atoms with Crippen LogP contribution < -0.4 is 10.5 Å². The summed E-state index contributed by atoms with van der Waals surface area (Å²) < 4.78 is 6.66. The van der Waals surface area contributed by atoms with Crippen LogP contribution in [0.15, 0.2) is 47.2 Å². The lowest BCUT2D eigenvalue weighted by Crippen LogP contribution is -1.93. The van der Waals surface area contributed by atoms with Gasteiger partial charge in [0.1, 0.15) is 12.1 Å². The minimum Gasteiger partial charge on any atom is -0.437 e. The maximum atomic E-state index is 6.11. The van der Waals surface area contributed by atoms with Gasteiger partial charge < -0.3 is 10.5 Å². The first-order valence-corrected chi connectivity index (χ1v) is 6.94. The molecule has 0 spiro atoms. The molecule has 4 nitrogen and oxygen atoms in total. The molecule has 0 radical (unpaired) electrons. The fourth-order valence-electron chi connectivity index (χ4n) is 1.79. The van der Waals surface area contributed by atoms with Gasteiger partial charge in [0.2, 0.25) is 5.88 Å². The van der Waals surface area contributed by atoms with Gasteiger partial charge in [0.05, 0.1) is 15.9 Å². The van der Waals surface area contributed by atoms with Gasteiger partial charge in [-0.15, -0.1) is 0 Å². The molecule has 0 bridgehead atoms. The summed E-state index contributed by atoms with van der Waals surface area (Å²) in [6.45, 7) is 0. The van der Waals surface area contributed by atoms with Crippen LogP contribution in [0.5, 0.6) is 11.6 Å². The molecule has 3 aromatic rings. The Hall–Kier alpha value is -1.85. The SMILES string of the molecule is Nc1ccc2ncnc(Oc3cc(Br)ccc3Cl)c2c1. The number of hydrogen-bond acceptors (Lipinski definition) is 4. The summed E-state index contributed by atoms with van der Waals surface area (Å²) in [5.41, 5.74) is 7.18. The van der Waals surface area contributed by atoms with E-state index in [4.69, 9.17) is 22.1 Å². The Morgan fingerprint density at radius 1 is 1.10 bits per heavy atom. The van der Waals surface area contributed by atoms with Gasteiger partial charge in [-0.2, -0.15) is 0 Å². The van der Waals surface area contributed by atoms with E-state index in [0.29, 0.717) is 22.3 Å². The van der Waals surface area contributed by atoms with Gasteiger partial charge in [-0.1, -0.05) is 27.5 Å². The van der Waals surface area contributed by atoms with E-state index in [1.165, 1.54) is 6.33 Å². The molecule has 1 aromatic heterocycles. The van der Waals surface area contributed by atoms with Gasteiger partial charge in [0.15, 0.2) is 0 Å². The summed E-state index contributed by atoms with van der Waals surface area (Å²) >= 11 is 9.49. The maximum absolute atomic E-state index is 6.11. The summed E-state index contributed by atoms with van der Waals surface area (Å²) in [6.07, 6.45) is 1.44. The molecule has 0 aliphatic rings. The van der Waals surface area contributed by atoms with Gasteiger partial charge in [-0.25, -0.2) is 9.97 Å². The first kappa shape index (κ1) is 13.1. The largest absolute Gasteiger partial charge is 0.437 e. The number of rotatable bonds is 2. The maximum Gasteiger partial charge on any atom is 0.230 e. The monoisotopic (exact) mass is 349 g/mol. The van der Waals surface area contributed by atoms with Crippen LogP contribution in [0.2, 0.25) is 5.02 Å². The molecule has 0 aliphatic heterocycles. The van der Waals surface area contributed by atoms with Gasteiger partial charge in [-0.05, 0) is 36.4 Å². The van der Waals surface area contributed by atoms with Crippen LogP contribution in [-0.4, -0.2) is 9.97 Å². The minimum atomic E-state index is 0.419. The number of aromatic nitrogens is 2. The number of nitrogens with zero attached hydrogens (tertiary/aromatic N) is 2. The van der Waals surface area contributed by atoms with Crippen LogP contribution in [0.25, 0.3) is 10.9 Å². The van der Waals surface area contributed by atoms with E-state index < -0.39 is 0 Å². The van der Waals surface area contributed by atoms with E-state index in [0.717, 1.165) is 15.4 Å². The van der Waals surface area contributed by atoms with Crippen molar-refractivity contribution < 1.29 is 4.74 Å². The first-order valence-electron chi connectivity index (χ1n) is 5.76. The Kier molecular flexibility index (Phi) is 3.46. The highest BCUT2D eigenvalue weighted by molar-refractivity contribution is 9.10. The normalized spacial score (nSPS) is 10.7. The van der Waals surface area contributed by atoms with Gasteiger partial charge in [0.25, 0.3) is 0 Å². The minimum absolute atomic E-state index is 0.419. The lowest BCUT2D eigenvalue weighted by atomic mass is 10.2. The van der Waals surface area contributed by atoms with E-state index in [1.54, 1.807) is 24.3 Å². The first-order chi connectivity index (χ1) is 9.63. The molecule has 0 unspecified atom stereocenters. The Bertz CT molecular complexity index is 794. The topological polar surface area (TPSA) is 61.0 Å². The van der Waals surface area contributed by atoms with Crippen molar-refractivity contribution >= 4 is 44.1 Å². The molecular formula is C14H9BrClN3O. The van der Waals surface area contributed by atoms with Gasteiger partial charge >= 0.3 is 0 Å². The Labute approximate surface area is 128 Å². The number of nitrogen functional groups attached to an aromatic ring is 1. The molecule has 20 heavy (non-hydrogen) atoms. The Balaban J connectivity index is 2.10. The molecule has 6 heteroatoms. The summed E-state index contributed by atoms with van der Waals surface area (Å²) in [6, 6.07) is 10.7. The van der Waals surface area contributed by atoms with E-state index in [-0.39, 0.29) is 0 Å². The molecule has 100 valence electrons. The highest BCUT2D eigenvalue weighted by Crippen LogP contribution is 2.34. The predicted octanol–water partition coefficient (Wildman–Crippen LogP) is 4.42. The van der Waals surface area contributed by atoms with E-state index in [2.05, 4.69) is 25.9 Å². The lowest BCUT2D eigenvalue weighted by Gasteiger charge is -2.09. The third kappa shape index (κ3) is 2.55. The van der Waals surface area contributed by atoms with E-state index >= 15 is 0 Å². The second kappa shape index (κ2) is 5.26. The number of fused-ring (bicyclic) bond motifs is 1. The molecule has 0 fully saturated rings. The third-order valence-electron chi connectivity index (χ3n) is 2.72. The molecule has 1 heterocycles. The van der Waals surface area contributed by atoms with Crippen molar-refractivity contribution in [2.24, 2.45) is 0 Å². The van der Waals surface area contributed by atoms with E-state index in [9.17, 15) is 0 Å². The van der Waals surface area contributed by atoms with Crippen molar-refractivity contribution in [3.63, 3.8) is 0 Å². The second-order valence-corrected chi connectivity index (χ2v) is 5.46. The van der Waals surface area contributed by atoms with Crippen molar-refractivity contribution in [1.29, 1.82) is 0 Å². The standard InChI is InChI=1S/C14H9BrClN3O/c15-8-1-3-11(16)13(5-8)20-14-10-6-9(17)2-4-12(10)18-7-19-14/h1-7H,17H2. The number of ether oxygens (including phenoxy) is 1. The number of nitrogens with two attached hydrogens (primary N) is 1. The number of benzene rings is 2. The van der Waals surface area contributed by atoms with Crippen LogP contribution in [0.1, 0.15) is 0 Å². The highest BCUT2D eigenvalue weighted by Gasteiger charge is 2.09. The molecule has 0 atom stereocenters. The zero-order valence-electron chi connectivity index (χ0n) is 10.2. The average molecular weight is 351 g/mol. The van der Waals surface area contributed by atoms with Crippen molar-refractivity contribution in [2.75, 3.05) is 5.73 Å². The van der Waals surface area contributed by atoms with Crippen molar-refractivity contribution in [3.8, 4) is 11.6 Å². The fraction of sp³-hybridized carbons (Fsp3) is 0. The Morgan fingerprint density at radius 2 is 1.95 bits per heavy atom. The quantitative estimate of drug-likeness (QED) is 0.695. The smallest absolute Gasteiger partial charge is 0.230 e. The summed E-state index contributed by atoms with van der Waals surface area (Å²) in [5, 5.41) is 1.24. The second-order valence-electron chi connectivity index (χ2n) is 4.13. The zero-order chi connectivity index (χ0) is 14.1. The van der Waals surface area contributed by atoms with Gasteiger partial charge in [-0.3, -0.25) is 0 Å². The van der Waals surface area contributed by atoms with Crippen LogP contribution >= 0.6 is 27.5 Å². The Morgan fingerprint density at radius 3 is 2.80 bits per heavy atom. The molecule has 2 aromatic carbocycles. The van der Waals surface area contributed by atoms with Crippen LogP contribution in [0.3, 0.4) is 0 Å². The van der Waals surface area contributed by atoms with Crippen molar-refractivity contribution in [1.82, 2.24) is 9.97 Å². The van der Waals surface area contributed by atoms with Crippen molar-refractivity contribution in [2.45, 2.75) is 0 Å². The summed E-state index contributed by atoms with van der Waals surface area (Å²) in [4.78, 5) is 8.33. The van der Waals surface area contributed by atoms with Crippen molar-refractivity contribution in [3.05, 3.63) is 52.2 Å². The number of halogens is 2.